The maximum atomic E-state index is 10.9. The summed E-state index contributed by atoms with van der Waals surface area (Å²) in [6.45, 7) is 0. The maximum Gasteiger partial charge on any atom is 0.221 e. The Balaban J connectivity index is 2.69. The smallest absolute Gasteiger partial charge is 0.221 e. The molecule has 0 aliphatic rings. The third kappa shape index (κ3) is 2.26. The number of nitrogens with two attached hydrogens (primary N) is 1. The van der Waals surface area contributed by atoms with Crippen molar-refractivity contribution in [3.63, 3.8) is 0 Å². The van der Waals surface area contributed by atoms with Gasteiger partial charge in [0.25, 0.3) is 0 Å². The first-order chi connectivity index (χ1) is 7.56. The molecule has 3 nitrogen and oxygen atoms in total. The van der Waals surface area contributed by atoms with Crippen molar-refractivity contribution in [1.29, 1.82) is 0 Å². The number of nitrogens with zero attached hydrogens (tertiary/aromatic N) is 1. The van der Waals surface area contributed by atoms with Crippen molar-refractivity contribution in [1.82, 2.24) is 4.98 Å². The van der Waals surface area contributed by atoms with Crippen LogP contribution in [-0.2, 0) is 11.2 Å². The summed E-state index contributed by atoms with van der Waals surface area (Å²) < 4.78 is 0. The minimum absolute atomic E-state index is 0.124. The second kappa shape index (κ2) is 4.28. The van der Waals surface area contributed by atoms with E-state index in [2.05, 4.69) is 4.98 Å². The molecular weight excluding hydrogens is 247 g/mol. The molecule has 0 radical (unpaired) electrons. The summed E-state index contributed by atoms with van der Waals surface area (Å²) in [6.07, 6.45) is 0.124. The molecule has 0 aliphatic heterocycles. The molecule has 1 aromatic carbocycles. The van der Waals surface area contributed by atoms with Gasteiger partial charge in [-0.05, 0) is 29.8 Å². The summed E-state index contributed by atoms with van der Waals surface area (Å²) in [4.78, 5) is 15.1. The molecule has 1 heterocycles. The van der Waals surface area contributed by atoms with E-state index in [9.17, 15) is 4.79 Å². The normalized spacial score (nSPS) is 10.6. The zero-order valence-electron chi connectivity index (χ0n) is 8.21. The fraction of sp³-hybridized carbons (Fsp3) is 0.0909. The Morgan fingerprint density at radius 1 is 1.31 bits per heavy atom. The second-order valence-electron chi connectivity index (χ2n) is 3.41. The molecule has 0 bridgehead atoms. The van der Waals surface area contributed by atoms with Gasteiger partial charge in [0, 0.05) is 10.4 Å². The Morgan fingerprint density at radius 2 is 2.06 bits per heavy atom. The largest absolute Gasteiger partial charge is 0.369 e. The molecule has 2 N–H and O–H groups in total. The highest BCUT2D eigenvalue weighted by Gasteiger charge is 2.07. The molecule has 1 aromatic heterocycles. The molecule has 2 aromatic rings. The summed E-state index contributed by atoms with van der Waals surface area (Å²) in [6, 6.07) is 6.86. The SMILES string of the molecule is NC(=O)Cc1cc(Cl)nc2ccc(Cl)cc12. The highest BCUT2D eigenvalue weighted by molar-refractivity contribution is 6.32. The van der Waals surface area contributed by atoms with E-state index in [-0.39, 0.29) is 6.42 Å². The highest BCUT2D eigenvalue weighted by Crippen LogP contribution is 2.24. The lowest BCUT2D eigenvalue weighted by Gasteiger charge is -2.05. The molecule has 0 unspecified atom stereocenters. The number of hydrogen-bond acceptors (Lipinski definition) is 2. The van der Waals surface area contributed by atoms with Crippen LogP contribution in [0.4, 0.5) is 0 Å². The number of rotatable bonds is 2. The van der Waals surface area contributed by atoms with Crippen LogP contribution in [0.2, 0.25) is 10.2 Å². The van der Waals surface area contributed by atoms with E-state index >= 15 is 0 Å². The van der Waals surface area contributed by atoms with Gasteiger partial charge in [0.2, 0.25) is 5.91 Å². The van der Waals surface area contributed by atoms with Crippen LogP contribution in [0.3, 0.4) is 0 Å². The van der Waals surface area contributed by atoms with E-state index in [0.717, 1.165) is 10.9 Å². The zero-order chi connectivity index (χ0) is 11.7. The maximum absolute atomic E-state index is 10.9. The van der Waals surface area contributed by atoms with Gasteiger partial charge >= 0.3 is 0 Å². The van der Waals surface area contributed by atoms with Crippen LogP contribution in [-0.4, -0.2) is 10.9 Å². The average Bonchev–Trinajstić information content (AvgIpc) is 2.18. The van der Waals surface area contributed by atoms with E-state index in [4.69, 9.17) is 28.9 Å². The van der Waals surface area contributed by atoms with Crippen molar-refractivity contribution in [3.05, 3.63) is 40.0 Å². The van der Waals surface area contributed by atoms with Crippen LogP contribution in [0, 0.1) is 0 Å². The quantitative estimate of drug-likeness (QED) is 0.838. The fourth-order valence-corrected chi connectivity index (χ4v) is 1.96. The van der Waals surface area contributed by atoms with Crippen molar-refractivity contribution in [3.8, 4) is 0 Å². The zero-order valence-corrected chi connectivity index (χ0v) is 9.72. The molecule has 0 saturated carbocycles. The van der Waals surface area contributed by atoms with Crippen molar-refractivity contribution in [2.45, 2.75) is 6.42 Å². The van der Waals surface area contributed by atoms with E-state index in [1.165, 1.54) is 0 Å². The van der Waals surface area contributed by atoms with Crippen molar-refractivity contribution < 1.29 is 4.79 Å². The number of halogens is 2. The molecule has 0 aliphatic carbocycles. The lowest BCUT2D eigenvalue weighted by atomic mass is 10.1. The Bertz CT molecular complexity index is 569. The van der Waals surface area contributed by atoms with E-state index in [1.54, 1.807) is 24.3 Å². The third-order valence-electron chi connectivity index (χ3n) is 2.19. The predicted molar refractivity (Wildman–Crippen MR) is 64.7 cm³/mol. The number of amides is 1. The number of pyridine rings is 1. The van der Waals surface area contributed by atoms with E-state index in [1.807, 2.05) is 0 Å². The topological polar surface area (TPSA) is 56.0 Å². The first-order valence-corrected chi connectivity index (χ1v) is 5.35. The standard InChI is InChI=1S/C11H8Cl2N2O/c12-7-1-2-9-8(5-7)6(4-11(14)16)3-10(13)15-9/h1-3,5H,4H2,(H2,14,16). The predicted octanol–water partition coefficient (Wildman–Crippen LogP) is 2.57. The van der Waals surface area contributed by atoms with Gasteiger partial charge in [-0.15, -0.1) is 0 Å². The first kappa shape index (κ1) is 11.2. The van der Waals surface area contributed by atoms with Crippen LogP contribution in [0.1, 0.15) is 5.56 Å². The average molecular weight is 255 g/mol. The van der Waals surface area contributed by atoms with Crippen molar-refractivity contribution in [2.75, 3.05) is 0 Å². The molecule has 0 saturated heterocycles. The number of hydrogen-bond donors (Lipinski definition) is 1. The number of benzene rings is 1. The van der Waals surface area contributed by atoms with Gasteiger partial charge in [0.05, 0.1) is 11.9 Å². The Morgan fingerprint density at radius 3 is 2.75 bits per heavy atom. The monoisotopic (exact) mass is 254 g/mol. The van der Waals surface area contributed by atoms with Crippen LogP contribution in [0.15, 0.2) is 24.3 Å². The lowest BCUT2D eigenvalue weighted by molar-refractivity contribution is -0.117. The Kier molecular flexibility index (Phi) is 2.99. The van der Waals surface area contributed by atoms with Crippen LogP contribution >= 0.6 is 23.2 Å². The van der Waals surface area contributed by atoms with Gasteiger partial charge in [-0.3, -0.25) is 4.79 Å². The number of fused-ring (bicyclic) bond motifs is 1. The molecule has 16 heavy (non-hydrogen) atoms. The minimum atomic E-state index is -0.413. The first-order valence-electron chi connectivity index (χ1n) is 4.59. The third-order valence-corrected chi connectivity index (χ3v) is 2.62. The fourth-order valence-electron chi connectivity index (χ4n) is 1.57. The summed E-state index contributed by atoms with van der Waals surface area (Å²) in [5, 5.41) is 1.73. The molecule has 0 spiro atoms. The molecular formula is C11H8Cl2N2O. The molecule has 0 fully saturated rings. The summed E-state index contributed by atoms with van der Waals surface area (Å²) >= 11 is 11.7. The minimum Gasteiger partial charge on any atom is -0.369 e. The second-order valence-corrected chi connectivity index (χ2v) is 4.23. The van der Waals surface area contributed by atoms with Crippen molar-refractivity contribution in [2.24, 2.45) is 5.73 Å². The molecule has 5 heteroatoms. The summed E-state index contributed by atoms with van der Waals surface area (Å²) in [5.41, 5.74) is 6.61. The van der Waals surface area contributed by atoms with Gasteiger partial charge in [0.15, 0.2) is 0 Å². The number of primary amides is 1. The highest BCUT2D eigenvalue weighted by atomic mass is 35.5. The molecule has 0 atom stereocenters. The van der Waals surface area contributed by atoms with Gasteiger partial charge in [-0.1, -0.05) is 23.2 Å². The van der Waals surface area contributed by atoms with Crippen LogP contribution < -0.4 is 5.73 Å². The van der Waals surface area contributed by atoms with Gasteiger partial charge < -0.3 is 5.73 Å². The van der Waals surface area contributed by atoms with Crippen LogP contribution in [0.5, 0.6) is 0 Å². The van der Waals surface area contributed by atoms with Crippen LogP contribution in [0.25, 0.3) is 10.9 Å². The number of carbonyl (C=O) groups excluding carboxylic acids is 1. The molecule has 1 amide bonds. The number of carbonyl (C=O) groups is 1. The number of aromatic nitrogens is 1. The van der Waals surface area contributed by atoms with Gasteiger partial charge in [-0.2, -0.15) is 0 Å². The summed E-state index contributed by atoms with van der Waals surface area (Å²) in [5.74, 6) is -0.413. The summed E-state index contributed by atoms with van der Waals surface area (Å²) in [7, 11) is 0. The van der Waals surface area contributed by atoms with Crippen molar-refractivity contribution >= 4 is 40.0 Å². The Labute approximate surface area is 102 Å². The lowest BCUT2D eigenvalue weighted by Crippen LogP contribution is -2.14. The molecule has 82 valence electrons. The van der Waals surface area contributed by atoms with E-state index < -0.39 is 5.91 Å². The van der Waals surface area contributed by atoms with E-state index in [0.29, 0.717) is 15.7 Å². The Hall–Kier alpha value is -1.32. The van der Waals surface area contributed by atoms with Gasteiger partial charge in [-0.25, -0.2) is 4.98 Å². The van der Waals surface area contributed by atoms with Gasteiger partial charge in [0.1, 0.15) is 5.15 Å². The molecule has 2 rings (SSSR count).